The molecule has 0 aromatic heterocycles. The molecular formula is C38H45BNaO12. The number of ketones is 2. The minimum atomic E-state index is -0.914. The number of rotatable bonds is 16. The Labute approximate surface area is 330 Å². The zero-order valence-electron chi connectivity index (χ0n) is 32.1. The van der Waals surface area contributed by atoms with E-state index in [0.29, 0.717) is 68.2 Å². The molecular weight excluding hydrogens is 682 g/mol. The molecule has 0 heterocycles. The van der Waals surface area contributed by atoms with Crippen LogP contribution in [0.25, 0.3) is 0 Å². The molecule has 0 saturated carbocycles. The van der Waals surface area contributed by atoms with Crippen molar-refractivity contribution < 1.29 is 88.7 Å². The number of Topliss-reactive ketones (excluding diaryl/α,β-unsaturated/α-hetero) is 2. The van der Waals surface area contributed by atoms with Gasteiger partial charge in [0.25, 0.3) is 0 Å². The van der Waals surface area contributed by atoms with Crippen molar-refractivity contribution in [3.63, 3.8) is 0 Å². The van der Waals surface area contributed by atoms with Gasteiger partial charge in [0.05, 0.1) is 86.6 Å². The Morgan fingerprint density at radius 3 is 1.08 bits per heavy atom. The summed E-state index contributed by atoms with van der Waals surface area (Å²) in [6.45, 7) is 0. The van der Waals surface area contributed by atoms with Crippen molar-refractivity contribution in [1.82, 2.24) is 0 Å². The number of ether oxygens (including phenoxy) is 8. The summed E-state index contributed by atoms with van der Waals surface area (Å²) in [5, 5.41) is 21.1. The van der Waals surface area contributed by atoms with Crippen LogP contribution in [0.3, 0.4) is 0 Å². The molecule has 2 atom stereocenters. The molecule has 4 aromatic carbocycles. The van der Waals surface area contributed by atoms with Gasteiger partial charge in [0, 0.05) is 50.2 Å². The molecule has 0 aliphatic heterocycles. The van der Waals surface area contributed by atoms with E-state index in [1.807, 2.05) is 0 Å². The van der Waals surface area contributed by atoms with Gasteiger partial charge in [-0.05, 0) is 48.5 Å². The summed E-state index contributed by atoms with van der Waals surface area (Å²) in [4.78, 5) is 25.0. The van der Waals surface area contributed by atoms with Crippen molar-refractivity contribution in [1.29, 1.82) is 0 Å². The predicted molar refractivity (Wildman–Crippen MR) is 193 cm³/mol. The third kappa shape index (κ3) is 11.8. The Hall–Kier alpha value is -4.40. The molecule has 0 spiro atoms. The van der Waals surface area contributed by atoms with Gasteiger partial charge < -0.3 is 49.5 Å². The first-order valence-electron chi connectivity index (χ1n) is 15.4. The molecule has 0 saturated heterocycles. The zero-order chi connectivity index (χ0) is 36.8. The summed E-state index contributed by atoms with van der Waals surface area (Å²) in [6.07, 6.45) is -2.04. The first-order valence-corrected chi connectivity index (χ1v) is 15.4. The van der Waals surface area contributed by atoms with Crippen LogP contribution in [0.15, 0.2) is 72.8 Å². The fourth-order valence-corrected chi connectivity index (χ4v) is 5.05. The van der Waals surface area contributed by atoms with Crippen LogP contribution in [0.5, 0.6) is 46.0 Å². The van der Waals surface area contributed by atoms with Gasteiger partial charge in [-0.1, -0.05) is 0 Å². The van der Waals surface area contributed by atoms with E-state index in [2.05, 4.69) is 0 Å². The molecule has 0 aliphatic carbocycles. The van der Waals surface area contributed by atoms with Crippen molar-refractivity contribution in [3.05, 3.63) is 95.1 Å². The van der Waals surface area contributed by atoms with Crippen molar-refractivity contribution >= 4 is 20.0 Å². The molecule has 3 radical (unpaired) electrons. The number of aliphatic hydroxyl groups excluding tert-OH is 2. The van der Waals surface area contributed by atoms with Gasteiger partial charge in [-0.15, -0.1) is 0 Å². The summed E-state index contributed by atoms with van der Waals surface area (Å²) >= 11 is 0. The summed E-state index contributed by atoms with van der Waals surface area (Å²) in [5.41, 5.74) is 1.80. The molecule has 12 nitrogen and oxygen atoms in total. The van der Waals surface area contributed by atoms with Crippen molar-refractivity contribution in [2.45, 2.75) is 25.0 Å². The standard InChI is InChI=1S/C19H24O6.C19H20O6.B.Na.H/c2*1-22-12-5-7-14(18(9-12)24-3)16(20)11-17(21)15-8-6-13(23-2)10-19(15)25-4;;;/h5-10,16-17,20-21H,11H2,1-4H3;5-10H,11H2,1-4H3;;;/q;;;+1;-1. The maximum atomic E-state index is 12.5. The second kappa shape index (κ2) is 22.5. The zero-order valence-corrected chi connectivity index (χ0v) is 33.1. The molecule has 4 aromatic rings. The second-order valence-electron chi connectivity index (χ2n) is 10.6. The van der Waals surface area contributed by atoms with E-state index in [4.69, 9.17) is 37.9 Å². The van der Waals surface area contributed by atoms with Gasteiger partial charge in [-0.3, -0.25) is 9.59 Å². The Morgan fingerprint density at radius 1 is 0.500 bits per heavy atom. The van der Waals surface area contributed by atoms with Gasteiger partial charge in [0.2, 0.25) is 0 Å². The molecule has 0 aliphatic rings. The number of hydrogen-bond acceptors (Lipinski definition) is 12. The quantitative estimate of drug-likeness (QED) is 0.0994. The Bertz CT molecular complexity index is 1630. The van der Waals surface area contributed by atoms with Gasteiger partial charge >= 0.3 is 29.6 Å². The van der Waals surface area contributed by atoms with Crippen LogP contribution in [-0.2, 0) is 0 Å². The van der Waals surface area contributed by atoms with E-state index in [1.165, 1.54) is 42.7 Å². The molecule has 14 heteroatoms. The molecule has 273 valence electrons. The Balaban J connectivity index is 0.000000966. The monoisotopic (exact) mass is 727 g/mol. The predicted octanol–water partition coefficient (Wildman–Crippen LogP) is 2.79. The van der Waals surface area contributed by atoms with E-state index in [0.717, 1.165) is 0 Å². The van der Waals surface area contributed by atoms with Gasteiger partial charge in [0.1, 0.15) is 46.0 Å². The average Bonchev–Trinajstić information content (AvgIpc) is 3.16. The minimum Gasteiger partial charge on any atom is -1.00 e. The number of methoxy groups -OCH3 is 8. The first kappa shape index (κ1) is 45.6. The summed E-state index contributed by atoms with van der Waals surface area (Å²) in [5.74, 6) is 3.42. The SMILES string of the molecule is COc1ccc(C(=O)CC(=O)c2ccc(OC)cc2OC)c(OC)c1.COc1ccc(C(O)CC(O)c2ccc(OC)cc2OC)c(OC)c1.[B].[H-].[Na+]. The van der Waals surface area contributed by atoms with Crippen LogP contribution in [0, 0.1) is 0 Å². The normalized spacial score (nSPS) is 11.1. The molecule has 2 N–H and O–H groups in total. The molecule has 0 fully saturated rings. The van der Waals surface area contributed by atoms with Crippen LogP contribution in [0.4, 0.5) is 0 Å². The van der Waals surface area contributed by atoms with Crippen LogP contribution in [0.1, 0.15) is 58.3 Å². The fourth-order valence-electron chi connectivity index (χ4n) is 5.05. The molecule has 52 heavy (non-hydrogen) atoms. The number of carbonyl (C=O) groups excluding carboxylic acids is 2. The van der Waals surface area contributed by atoms with E-state index in [-0.39, 0.29) is 63.8 Å². The van der Waals surface area contributed by atoms with Crippen LogP contribution >= 0.6 is 0 Å². The largest absolute Gasteiger partial charge is 1.00 e. The number of hydrogen-bond donors (Lipinski definition) is 2. The van der Waals surface area contributed by atoms with Gasteiger partial charge in [-0.25, -0.2) is 0 Å². The molecule has 0 amide bonds. The fraction of sp³-hybridized carbons (Fsp3) is 0.316. The number of carbonyl (C=O) groups is 2. The topological polar surface area (TPSA) is 148 Å². The minimum absolute atomic E-state index is 0. The third-order valence-corrected chi connectivity index (χ3v) is 7.79. The molecule has 4 rings (SSSR count). The van der Waals surface area contributed by atoms with Gasteiger partial charge in [-0.2, -0.15) is 0 Å². The summed E-state index contributed by atoms with van der Waals surface area (Å²) in [7, 11) is 12.1. The first-order chi connectivity index (χ1) is 24.1. The van der Waals surface area contributed by atoms with E-state index in [9.17, 15) is 19.8 Å². The Kier molecular flexibility index (Phi) is 19.8. The van der Waals surface area contributed by atoms with E-state index < -0.39 is 12.2 Å². The maximum absolute atomic E-state index is 12.5. The van der Waals surface area contributed by atoms with E-state index in [1.54, 1.807) is 87.0 Å². The second-order valence-corrected chi connectivity index (χ2v) is 10.6. The number of benzene rings is 4. The third-order valence-electron chi connectivity index (χ3n) is 7.79. The van der Waals surface area contributed by atoms with Crippen LogP contribution < -0.4 is 67.5 Å². The maximum Gasteiger partial charge on any atom is 1.00 e. The molecule has 2 unspecified atom stereocenters. The van der Waals surface area contributed by atoms with Crippen molar-refractivity contribution in [2.75, 3.05) is 56.9 Å². The summed E-state index contributed by atoms with van der Waals surface area (Å²) in [6, 6.07) is 20.0. The van der Waals surface area contributed by atoms with Crippen molar-refractivity contribution in [3.8, 4) is 46.0 Å². The van der Waals surface area contributed by atoms with Crippen LogP contribution in [-0.4, -0.2) is 87.1 Å². The average molecular weight is 728 g/mol. The van der Waals surface area contributed by atoms with Gasteiger partial charge in [0.15, 0.2) is 11.6 Å². The summed E-state index contributed by atoms with van der Waals surface area (Å²) < 4.78 is 41.6. The molecule has 0 bridgehead atoms. The van der Waals surface area contributed by atoms with Crippen LogP contribution in [0.2, 0.25) is 0 Å². The van der Waals surface area contributed by atoms with E-state index >= 15 is 0 Å². The number of aliphatic hydroxyl groups is 2. The van der Waals surface area contributed by atoms with Crippen molar-refractivity contribution in [2.24, 2.45) is 0 Å². The smallest absolute Gasteiger partial charge is 1.00 e. The Morgan fingerprint density at radius 2 is 0.788 bits per heavy atom.